The number of phenols is 1. The van der Waals surface area contributed by atoms with E-state index in [1.807, 2.05) is 60.7 Å². The van der Waals surface area contributed by atoms with E-state index in [1.165, 1.54) is 0 Å². The number of hydrogen-bond acceptors (Lipinski definition) is 6. The quantitative estimate of drug-likeness (QED) is 0.150. The minimum atomic E-state index is -1.22. The second-order valence-electron chi connectivity index (χ2n) is 12.0. The molecular formula is C38H40N4O6. The van der Waals surface area contributed by atoms with Gasteiger partial charge in [0, 0.05) is 25.8 Å². The fourth-order valence-electron chi connectivity index (χ4n) is 6.02. The Kier molecular flexibility index (Phi) is 11.2. The average molecular weight is 649 g/mol. The number of amides is 3. The highest BCUT2D eigenvalue weighted by atomic mass is 16.4. The third-order valence-corrected chi connectivity index (χ3v) is 8.67. The highest BCUT2D eigenvalue weighted by molar-refractivity contribution is 5.95. The van der Waals surface area contributed by atoms with Crippen LogP contribution in [0.1, 0.15) is 27.8 Å². The van der Waals surface area contributed by atoms with Crippen LogP contribution in [0.4, 0.5) is 0 Å². The number of likely N-dealkylation sites (N-methyl/N-ethyl adjacent to an activating group) is 1. The number of phenolic OH excluding ortho intramolecular Hbond substituents is 1. The summed E-state index contributed by atoms with van der Waals surface area (Å²) in [5.41, 5.74) is 4.22. The Hall–Kier alpha value is -5.48. The van der Waals surface area contributed by atoms with Crippen LogP contribution < -0.4 is 16.0 Å². The summed E-state index contributed by atoms with van der Waals surface area (Å²) < 4.78 is 0. The van der Waals surface area contributed by atoms with E-state index in [9.17, 15) is 29.4 Å². The van der Waals surface area contributed by atoms with Crippen molar-refractivity contribution < 1.29 is 29.4 Å². The maximum absolute atomic E-state index is 14.2. The molecule has 0 saturated carbocycles. The second-order valence-corrected chi connectivity index (χ2v) is 12.0. The van der Waals surface area contributed by atoms with E-state index >= 15 is 0 Å². The number of hydrogen-bond donors (Lipinski definition) is 5. The standard InChI is InChI=1S/C38H40N4O6/c1-39-32(21-27-16-18-30(43)19-17-27)37(46)42-24-29-15-9-8-14-28(29)23-34(42)36(45)40-31(20-25-10-4-2-5-11-25)35(44)41-33(38(47)48)22-26-12-6-3-7-13-26/h2-19,31-34,39,43H,20-24H2,1H3,(H,40,45)(H,41,44)(H,47,48)/t31-,32-,33-,34-/m0/s1. The van der Waals surface area contributed by atoms with Gasteiger partial charge in [-0.1, -0.05) is 97.1 Å². The molecule has 5 N–H and O–H groups in total. The number of carboxylic acid groups (broad SMARTS) is 1. The van der Waals surface area contributed by atoms with Crippen LogP contribution in [0.25, 0.3) is 0 Å². The van der Waals surface area contributed by atoms with Crippen molar-refractivity contribution in [3.05, 3.63) is 137 Å². The van der Waals surface area contributed by atoms with Gasteiger partial charge in [-0.2, -0.15) is 0 Å². The van der Waals surface area contributed by atoms with Crippen molar-refractivity contribution in [2.45, 2.75) is 56.4 Å². The molecule has 5 rings (SSSR count). The summed E-state index contributed by atoms with van der Waals surface area (Å²) in [6, 6.07) is 28.5. The van der Waals surface area contributed by atoms with Crippen molar-refractivity contribution in [3.8, 4) is 5.75 Å². The summed E-state index contributed by atoms with van der Waals surface area (Å²) in [4.78, 5) is 55.8. The molecule has 4 aromatic rings. The molecule has 4 atom stereocenters. The molecule has 10 nitrogen and oxygen atoms in total. The molecule has 0 aromatic heterocycles. The Morgan fingerprint density at radius 2 is 1.21 bits per heavy atom. The monoisotopic (exact) mass is 648 g/mol. The number of benzene rings is 4. The Morgan fingerprint density at radius 3 is 1.79 bits per heavy atom. The van der Waals surface area contributed by atoms with Gasteiger partial charge in [0.1, 0.15) is 23.9 Å². The van der Waals surface area contributed by atoms with Gasteiger partial charge < -0.3 is 31.1 Å². The van der Waals surface area contributed by atoms with Gasteiger partial charge in [-0.15, -0.1) is 0 Å². The van der Waals surface area contributed by atoms with Crippen LogP contribution in [0.2, 0.25) is 0 Å². The first-order chi connectivity index (χ1) is 23.2. The first-order valence-electron chi connectivity index (χ1n) is 16.0. The van der Waals surface area contributed by atoms with Crippen LogP contribution in [0, 0.1) is 0 Å². The second kappa shape index (κ2) is 15.9. The molecule has 4 aromatic carbocycles. The van der Waals surface area contributed by atoms with Crippen molar-refractivity contribution in [1.82, 2.24) is 20.9 Å². The summed E-state index contributed by atoms with van der Waals surface area (Å²) in [5.74, 6) is -2.49. The number of fused-ring (bicyclic) bond motifs is 1. The molecule has 1 aliphatic heterocycles. The van der Waals surface area contributed by atoms with E-state index in [0.717, 1.165) is 27.8 Å². The van der Waals surface area contributed by atoms with Gasteiger partial charge >= 0.3 is 5.97 Å². The molecule has 1 aliphatic rings. The molecule has 0 bridgehead atoms. The predicted octanol–water partition coefficient (Wildman–Crippen LogP) is 3.02. The van der Waals surface area contributed by atoms with Crippen molar-refractivity contribution in [2.75, 3.05) is 7.05 Å². The summed E-state index contributed by atoms with van der Waals surface area (Å²) in [5, 5.41) is 28.3. The number of aliphatic carboxylic acids is 1. The molecule has 3 amide bonds. The fourth-order valence-corrected chi connectivity index (χ4v) is 6.02. The van der Waals surface area contributed by atoms with Gasteiger partial charge in [0.05, 0.1) is 6.04 Å². The van der Waals surface area contributed by atoms with Crippen LogP contribution >= 0.6 is 0 Å². The van der Waals surface area contributed by atoms with E-state index in [-0.39, 0.29) is 37.5 Å². The van der Waals surface area contributed by atoms with Crippen LogP contribution in [-0.4, -0.2) is 70.0 Å². The first kappa shape index (κ1) is 33.9. The molecule has 0 radical (unpaired) electrons. The molecule has 0 spiro atoms. The number of carboxylic acids is 1. The molecular weight excluding hydrogens is 608 g/mol. The third kappa shape index (κ3) is 8.65. The summed E-state index contributed by atoms with van der Waals surface area (Å²) >= 11 is 0. The maximum atomic E-state index is 14.2. The van der Waals surface area contributed by atoms with Crippen LogP contribution in [0.3, 0.4) is 0 Å². The lowest BCUT2D eigenvalue weighted by Gasteiger charge is -2.38. The Labute approximate surface area is 279 Å². The topological polar surface area (TPSA) is 148 Å². The number of aromatic hydroxyl groups is 1. The molecule has 0 unspecified atom stereocenters. The Balaban J connectivity index is 1.40. The third-order valence-electron chi connectivity index (χ3n) is 8.67. The molecule has 248 valence electrons. The van der Waals surface area contributed by atoms with Gasteiger partial charge in [0.25, 0.3) is 0 Å². The zero-order valence-corrected chi connectivity index (χ0v) is 26.7. The predicted molar refractivity (Wildman–Crippen MR) is 181 cm³/mol. The van der Waals surface area contributed by atoms with Crippen molar-refractivity contribution in [2.24, 2.45) is 0 Å². The minimum absolute atomic E-state index is 0.0715. The van der Waals surface area contributed by atoms with Crippen LogP contribution in [-0.2, 0) is 51.4 Å². The summed E-state index contributed by atoms with van der Waals surface area (Å²) in [6.07, 6.45) is 0.767. The minimum Gasteiger partial charge on any atom is -0.508 e. The van der Waals surface area contributed by atoms with E-state index < -0.39 is 42.0 Å². The van der Waals surface area contributed by atoms with E-state index in [1.54, 1.807) is 60.5 Å². The van der Waals surface area contributed by atoms with Crippen molar-refractivity contribution in [3.63, 3.8) is 0 Å². The van der Waals surface area contributed by atoms with Gasteiger partial charge in [-0.05, 0) is 53.4 Å². The van der Waals surface area contributed by atoms with Gasteiger partial charge in [-0.25, -0.2) is 4.79 Å². The van der Waals surface area contributed by atoms with E-state index in [4.69, 9.17) is 0 Å². The Morgan fingerprint density at radius 1 is 0.688 bits per heavy atom. The number of rotatable bonds is 13. The smallest absolute Gasteiger partial charge is 0.326 e. The molecule has 0 aliphatic carbocycles. The number of nitrogens with one attached hydrogen (secondary N) is 3. The number of carbonyl (C=O) groups is 4. The number of nitrogens with zero attached hydrogens (tertiary/aromatic N) is 1. The molecule has 48 heavy (non-hydrogen) atoms. The average Bonchev–Trinajstić information content (AvgIpc) is 3.10. The molecule has 1 heterocycles. The highest BCUT2D eigenvalue weighted by Gasteiger charge is 2.39. The zero-order valence-electron chi connectivity index (χ0n) is 26.7. The first-order valence-corrected chi connectivity index (χ1v) is 16.0. The lowest BCUT2D eigenvalue weighted by molar-refractivity contribution is -0.145. The number of carbonyl (C=O) groups excluding carboxylic acids is 3. The normalized spacial score (nSPS) is 15.8. The molecule has 0 saturated heterocycles. The lowest BCUT2D eigenvalue weighted by atomic mass is 9.91. The van der Waals surface area contributed by atoms with Crippen LogP contribution in [0.5, 0.6) is 5.75 Å². The van der Waals surface area contributed by atoms with Crippen LogP contribution in [0.15, 0.2) is 109 Å². The lowest BCUT2D eigenvalue weighted by Crippen LogP contribution is -2.60. The van der Waals surface area contributed by atoms with E-state index in [2.05, 4.69) is 16.0 Å². The fraction of sp³-hybridized carbons (Fsp3) is 0.263. The van der Waals surface area contributed by atoms with Gasteiger partial charge in [0.2, 0.25) is 17.7 Å². The van der Waals surface area contributed by atoms with Gasteiger partial charge in [-0.3, -0.25) is 14.4 Å². The molecule has 0 fully saturated rings. The van der Waals surface area contributed by atoms with Crippen molar-refractivity contribution >= 4 is 23.7 Å². The highest BCUT2D eigenvalue weighted by Crippen LogP contribution is 2.25. The zero-order chi connectivity index (χ0) is 34.0. The Bertz CT molecular complexity index is 1710. The van der Waals surface area contributed by atoms with E-state index in [0.29, 0.717) is 6.42 Å². The van der Waals surface area contributed by atoms with Crippen molar-refractivity contribution in [1.29, 1.82) is 0 Å². The summed E-state index contributed by atoms with van der Waals surface area (Å²) in [7, 11) is 1.69. The van der Waals surface area contributed by atoms with Gasteiger partial charge in [0.15, 0.2) is 0 Å². The largest absolute Gasteiger partial charge is 0.508 e. The SMILES string of the molecule is CN[C@@H](Cc1ccc(O)cc1)C(=O)N1Cc2ccccc2C[C@H]1C(=O)N[C@@H](Cc1ccccc1)C(=O)N[C@@H](Cc1ccccc1)C(=O)O. The summed E-state index contributed by atoms with van der Waals surface area (Å²) in [6.45, 7) is 0.203. The molecule has 10 heteroatoms. The maximum Gasteiger partial charge on any atom is 0.326 e.